The van der Waals surface area contributed by atoms with Crippen molar-refractivity contribution in [3.63, 3.8) is 0 Å². The summed E-state index contributed by atoms with van der Waals surface area (Å²) in [5, 5.41) is 0. The van der Waals surface area contributed by atoms with Crippen LogP contribution >= 0.6 is 0 Å². The quantitative estimate of drug-likeness (QED) is 0.421. The van der Waals surface area contributed by atoms with Crippen molar-refractivity contribution in [2.24, 2.45) is 35.5 Å². The van der Waals surface area contributed by atoms with Crippen LogP contribution in [0.4, 0.5) is 26.3 Å². The van der Waals surface area contributed by atoms with E-state index >= 15 is 0 Å². The number of hydrogen-bond donors (Lipinski definition) is 0. The van der Waals surface area contributed by atoms with E-state index in [4.69, 9.17) is 9.47 Å². The molecule has 2 fully saturated rings. The lowest BCUT2D eigenvalue weighted by Gasteiger charge is -2.43. The first-order chi connectivity index (χ1) is 11.7. The first-order valence-corrected chi connectivity index (χ1v) is 9.09. The minimum Gasteiger partial charge on any atom is -0.356 e. The van der Waals surface area contributed by atoms with Crippen LogP contribution in [0.1, 0.15) is 47.0 Å². The lowest BCUT2D eigenvalue weighted by atomic mass is 9.71. The van der Waals surface area contributed by atoms with Gasteiger partial charge in [0, 0.05) is 13.0 Å². The normalized spacial score (nSPS) is 33.9. The third-order valence-corrected chi connectivity index (χ3v) is 6.59. The number of alkyl halides is 6. The zero-order valence-corrected chi connectivity index (χ0v) is 15.7. The Kier molecular flexibility index (Phi) is 5.99. The number of rotatable bonds is 6. The average molecular weight is 390 g/mol. The minimum absolute atomic E-state index is 0.122. The van der Waals surface area contributed by atoms with Gasteiger partial charge in [0.05, 0.1) is 0 Å². The van der Waals surface area contributed by atoms with Gasteiger partial charge in [-0.05, 0) is 48.9 Å². The average Bonchev–Trinajstić information content (AvgIpc) is 3.00. The zero-order valence-electron chi connectivity index (χ0n) is 15.7. The standard InChI is InChI=1S/C18H28F6O2/c1-9(2)15(25-5)26-16(17(19,20)21,18(22,23)24)8-13-6-12-7-14(13)11(4)10(12)3/h9-15H,6-8H2,1-5H3. The molecule has 2 nitrogen and oxygen atoms in total. The fraction of sp³-hybridized carbons (Fsp3) is 1.00. The van der Waals surface area contributed by atoms with Gasteiger partial charge in [0.1, 0.15) is 0 Å². The molecule has 0 saturated heterocycles. The van der Waals surface area contributed by atoms with Crippen LogP contribution < -0.4 is 0 Å². The predicted octanol–water partition coefficient (Wildman–Crippen LogP) is 5.81. The molecule has 0 radical (unpaired) electrons. The Morgan fingerprint density at radius 3 is 1.81 bits per heavy atom. The van der Waals surface area contributed by atoms with Gasteiger partial charge in [0.2, 0.25) is 0 Å². The first kappa shape index (κ1) is 21.8. The second-order valence-electron chi connectivity index (χ2n) is 8.37. The fourth-order valence-electron chi connectivity index (χ4n) is 4.93. The summed E-state index contributed by atoms with van der Waals surface area (Å²) < 4.78 is 92.3. The van der Waals surface area contributed by atoms with Crippen molar-refractivity contribution < 1.29 is 35.8 Å². The van der Waals surface area contributed by atoms with Gasteiger partial charge in [-0.15, -0.1) is 0 Å². The maximum Gasteiger partial charge on any atom is 0.426 e. The Balaban J connectivity index is 2.37. The van der Waals surface area contributed by atoms with Crippen molar-refractivity contribution in [1.29, 1.82) is 0 Å². The molecule has 0 spiro atoms. The summed E-state index contributed by atoms with van der Waals surface area (Å²) in [6.07, 6.45) is -12.7. The largest absolute Gasteiger partial charge is 0.426 e. The topological polar surface area (TPSA) is 18.5 Å². The molecule has 8 heteroatoms. The molecule has 2 saturated carbocycles. The summed E-state index contributed by atoms with van der Waals surface area (Å²) >= 11 is 0. The van der Waals surface area contributed by atoms with Crippen molar-refractivity contribution in [1.82, 2.24) is 0 Å². The molecule has 6 unspecified atom stereocenters. The molecular weight excluding hydrogens is 362 g/mol. The smallest absolute Gasteiger partial charge is 0.356 e. The summed E-state index contributed by atoms with van der Waals surface area (Å²) in [4.78, 5) is 0. The highest BCUT2D eigenvalue weighted by atomic mass is 19.4. The molecule has 0 N–H and O–H groups in total. The van der Waals surface area contributed by atoms with E-state index in [0.29, 0.717) is 18.8 Å². The maximum atomic E-state index is 13.8. The molecule has 0 amide bonds. The van der Waals surface area contributed by atoms with Crippen LogP contribution in [0, 0.1) is 35.5 Å². The van der Waals surface area contributed by atoms with Gasteiger partial charge < -0.3 is 9.47 Å². The van der Waals surface area contributed by atoms with E-state index < -0.39 is 42.5 Å². The summed E-state index contributed by atoms with van der Waals surface area (Å²) in [5.41, 5.74) is -4.21. The minimum atomic E-state index is -5.58. The lowest BCUT2D eigenvalue weighted by molar-refractivity contribution is -0.416. The van der Waals surface area contributed by atoms with Crippen LogP contribution in [0.3, 0.4) is 0 Å². The molecule has 26 heavy (non-hydrogen) atoms. The third-order valence-electron chi connectivity index (χ3n) is 6.59. The highest BCUT2D eigenvalue weighted by molar-refractivity contribution is 5.04. The zero-order chi connectivity index (χ0) is 20.1. The van der Waals surface area contributed by atoms with Crippen LogP contribution in [-0.4, -0.2) is 31.4 Å². The van der Waals surface area contributed by atoms with E-state index in [-0.39, 0.29) is 17.8 Å². The Morgan fingerprint density at radius 2 is 1.46 bits per heavy atom. The maximum absolute atomic E-state index is 13.8. The van der Waals surface area contributed by atoms with Crippen molar-refractivity contribution in [2.45, 2.75) is 71.2 Å². The molecule has 2 rings (SSSR count). The fourth-order valence-corrected chi connectivity index (χ4v) is 4.93. The highest BCUT2D eigenvalue weighted by Crippen LogP contribution is 2.60. The van der Waals surface area contributed by atoms with Gasteiger partial charge >= 0.3 is 12.4 Å². The van der Waals surface area contributed by atoms with Crippen LogP contribution in [0.5, 0.6) is 0 Å². The van der Waals surface area contributed by atoms with Gasteiger partial charge in [0.25, 0.3) is 5.60 Å². The molecule has 2 aliphatic carbocycles. The summed E-state index contributed by atoms with van der Waals surface area (Å²) in [7, 11) is 1.06. The third kappa shape index (κ3) is 3.60. The van der Waals surface area contributed by atoms with Crippen molar-refractivity contribution in [3.05, 3.63) is 0 Å². The van der Waals surface area contributed by atoms with E-state index in [1.54, 1.807) is 0 Å². The van der Waals surface area contributed by atoms with E-state index in [1.165, 1.54) is 13.8 Å². The highest BCUT2D eigenvalue weighted by Gasteiger charge is 2.74. The monoisotopic (exact) mass is 390 g/mol. The molecule has 0 aromatic heterocycles. The molecule has 0 aliphatic heterocycles. The Morgan fingerprint density at radius 1 is 0.923 bits per heavy atom. The molecule has 2 bridgehead atoms. The molecule has 154 valence electrons. The van der Waals surface area contributed by atoms with Crippen LogP contribution in [-0.2, 0) is 9.47 Å². The molecule has 0 heterocycles. The van der Waals surface area contributed by atoms with Crippen molar-refractivity contribution in [2.75, 3.05) is 7.11 Å². The van der Waals surface area contributed by atoms with Crippen LogP contribution in [0.2, 0.25) is 0 Å². The van der Waals surface area contributed by atoms with Gasteiger partial charge in [-0.25, -0.2) is 0 Å². The van der Waals surface area contributed by atoms with Crippen molar-refractivity contribution >= 4 is 0 Å². The number of halogens is 6. The van der Waals surface area contributed by atoms with Crippen LogP contribution in [0.25, 0.3) is 0 Å². The summed E-state index contributed by atoms with van der Waals surface area (Å²) in [5.74, 6) is -0.764. The molecular formula is C18H28F6O2. The Bertz CT molecular complexity index is 471. The molecule has 0 aromatic carbocycles. The summed E-state index contributed by atoms with van der Waals surface area (Å²) in [6, 6.07) is 0. The van der Waals surface area contributed by atoms with E-state index in [0.717, 1.165) is 7.11 Å². The van der Waals surface area contributed by atoms with Crippen LogP contribution in [0.15, 0.2) is 0 Å². The van der Waals surface area contributed by atoms with Gasteiger partial charge in [0.15, 0.2) is 6.29 Å². The molecule has 2 aliphatic rings. The summed E-state index contributed by atoms with van der Waals surface area (Å²) in [6.45, 7) is 6.89. The van der Waals surface area contributed by atoms with E-state index in [1.807, 2.05) is 13.8 Å². The van der Waals surface area contributed by atoms with Gasteiger partial charge in [-0.3, -0.25) is 0 Å². The lowest BCUT2D eigenvalue weighted by Crippen LogP contribution is -2.62. The molecule has 6 atom stereocenters. The molecule has 0 aromatic rings. The number of hydrogen-bond acceptors (Lipinski definition) is 2. The number of methoxy groups -OCH3 is 1. The second-order valence-corrected chi connectivity index (χ2v) is 8.37. The van der Waals surface area contributed by atoms with Crippen molar-refractivity contribution in [3.8, 4) is 0 Å². The van der Waals surface area contributed by atoms with Gasteiger partial charge in [-0.1, -0.05) is 27.7 Å². The van der Waals surface area contributed by atoms with E-state index in [9.17, 15) is 26.3 Å². The first-order valence-electron chi connectivity index (χ1n) is 9.09. The Labute approximate surface area is 150 Å². The number of fused-ring (bicyclic) bond motifs is 2. The number of ether oxygens (including phenoxy) is 2. The Hall–Kier alpha value is -0.500. The predicted molar refractivity (Wildman–Crippen MR) is 84.2 cm³/mol. The van der Waals surface area contributed by atoms with Gasteiger partial charge in [-0.2, -0.15) is 26.3 Å². The SMILES string of the molecule is COC(OC(CC1CC2CC1C(C)C2C)(C(F)(F)F)C(F)(F)F)C(C)C. The second kappa shape index (κ2) is 7.15. The van der Waals surface area contributed by atoms with E-state index in [2.05, 4.69) is 0 Å².